The minimum atomic E-state index is -0.410. The Bertz CT molecular complexity index is 607. The van der Waals surface area contributed by atoms with Crippen LogP contribution in [-0.2, 0) is 6.54 Å². The molecule has 0 fully saturated rings. The summed E-state index contributed by atoms with van der Waals surface area (Å²) in [6, 6.07) is 9.80. The van der Waals surface area contributed by atoms with Crippen molar-refractivity contribution in [2.75, 3.05) is 12.4 Å². The summed E-state index contributed by atoms with van der Waals surface area (Å²) < 4.78 is 18.3. The zero-order valence-electron chi connectivity index (χ0n) is 10.2. The minimum Gasteiger partial charge on any atom is -0.494 e. The molecule has 0 amide bonds. The number of hydrogen-bond donors (Lipinski definition) is 1. The molecule has 0 radical (unpaired) electrons. The second-order valence-electron chi connectivity index (χ2n) is 3.74. The van der Waals surface area contributed by atoms with Crippen molar-refractivity contribution in [1.82, 2.24) is 10.2 Å². The third-order valence-corrected chi connectivity index (χ3v) is 2.47. The molecule has 1 heterocycles. The molecule has 0 spiro atoms. The quantitative estimate of drug-likeness (QED) is 0.909. The molecule has 1 aromatic carbocycles. The van der Waals surface area contributed by atoms with E-state index in [0.29, 0.717) is 12.4 Å². The van der Waals surface area contributed by atoms with Gasteiger partial charge in [0, 0.05) is 6.54 Å². The number of nitriles is 1. The molecule has 0 unspecified atom stereocenters. The number of nitrogens with zero attached hydrogens (tertiary/aromatic N) is 3. The lowest BCUT2D eigenvalue weighted by Gasteiger charge is -2.07. The van der Waals surface area contributed by atoms with Gasteiger partial charge >= 0.3 is 0 Å². The molecular formula is C13H11FN4O. The molecule has 0 bridgehead atoms. The van der Waals surface area contributed by atoms with E-state index in [-0.39, 0.29) is 11.4 Å². The smallest absolute Gasteiger partial charge is 0.165 e. The molecule has 0 aliphatic carbocycles. The first kappa shape index (κ1) is 12.8. The van der Waals surface area contributed by atoms with Crippen LogP contribution in [0.1, 0.15) is 11.3 Å². The largest absolute Gasteiger partial charge is 0.494 e. The van der Waals surface area contributed by atoms with E-state index in [2.05, 4.69) is 15.5 Å². The van der Waals surface area contributed by atoms with Gasteiger partial charge < -0.3 is 10.1 Å². The van der Waals surface area contributed by atoms with E-state index in [4.69, 9.17) is 10.00 Å². The Hall–Kier alpha value is -2.68. The second-order valence-corrected chi connectivity index (χ2v) is 3.74. The van der Waals surface area contributed by atoms with E-state index in [1.54, 1.807) is 24.3 Å². The average Bonchev–Trinajstić information content (AvgIpc) is 2.46. The Morgan fingerprint density at radius 1 is 1.32 bits per heavy atom. The number of rotatable bonds is 4. The molecule has 0 saturated heterocycles. The van der Waals surface area contributed by atoms with Crippen molar-refractivity contribution in [3.05, 3.63) is 47.4 Å². The van der Waals surface area contributed by atoms with E-state index in [0.717, 1.165) is 5.56 Å². The summed E-state index contributed by atoms with van der Waals surface area (Å²) in [4.78, 5) is 0. The van der Waals surface area contributed by atoms with Gasteiger partial charge in [0.2, 0.25) is 0 Å². The first-order valence-corrected chi connectivity index (χ1v) is 5.53. The molecular weight excluding hydrogens is 247 g/mol. The van der Waals surface area contributed by atoms with E-state index in [1.807, 2.05) is 6.07 Å². The summed E-state index contributed by atoms with van der Waals surface area (Å²) in [5, 5.41) is 19.1. The third-order valence-electron chi connectivity index (χ3n) is 2.47. The van der Waals surface area contributed by atoms with E-state index >= 15 is 0 Å². The van der Waals surface area contributed by atoms with Crippen LogP contribution < -0.4 is 10.1 Å². The lowest BCUT2D eigenvalue weighted by atomic mass is 10.2. The highest BCUT2D eigenvalue weighted by molar-refractivity contribution is 5.37. The number of ether oxygens (including phenoxy) is 1. The summed E-state index contributed by atoms with van der Waals surface area (Å²) >= 11 is 0. The molecule has 1 aromatic heterocycles. The van der Waals surface area contributed by atoms with Crippen LogP contribution in [0.2, 0.25) is 0 Å². The predicted octanol–water partition coefficient (Wildman–Crippen LogP) is 2.11. The Morgan fingerprint density at radius 2 is 2.16 bits per heavy atom. The Kier molecular flexibility index (Phi) is 3.88. The first-order chi connectivity index (χ1) is 9.22. The van der Waals surface area contributed by atoms with Gasteiger partial charge in [0.15, 0.2) is 17.3 Å². The number of hydrogen-bond acceptors (Lipinski definition) is 5. The standard InChI is InChI=1S/C13H11FN4O/c1-19-12-4-2-9(6-11(12)14)8-16-13-5-3-10(7-15)17-18-13/h2-6H,8H2,1H3,(H,16,18). The van der Waals surface area contributed by atoms with Crippen molar-refractivity contribution in [2.45, 2.75) is 6.54 Å². The molecule has 6 heteroatoms. The lowest BCUT2D eigenvalue weighted by molar-refractivity contribution is 0.386. The van der Waals surface area contributed by atoms with Crippen LogP contribution in [0.25, 0.3) is 0 Å². The first-order valence-electron chi connectivity index (χ1n) is 5.53. The average molecular weight is 258 g/mol. The molecule has 96 valence electrons. The number of aromatic nitrogens is 2. The number of benzene rings is 1. The summed E-state index contributed by atoms with van der Waals surface area (Å²) in [7, 11) is 1.42. The second kappa shape index (κ2) is 5.78. The van der Waals surface area contributed by atoms with Gasteiger partial charge in [-0.2, -0.15) is 5.26 Å². The molecule has 2 rings (SSSR count). The van der Waals surface area contributed by atoms with E-state index < -0.39 is 5.82 Å². The van der Waals surface area contributed by atoms with Crippen molar-refractivity contribution >= 4 is 5.82 Å². The van der Waals surface area contributed by atoms with Gasteiger partial charge in [-0.15, -0.1) is 10.2 Å². The molecule has 19 heavy (non-hydrogen) atoms. The maximum atomic E-state index is 13.5. The Morgan fingerprint density at radius 3 is 2.74 bits per heavy atom. The fourth-order valence-corrected chi connectivity index (χ4v) is 1.50. The van der Waals surface area contributed by atoms with Gasteiger partial charge in [0.25, 0.3) is 0 Å². The number of halogens is 1. The molecule has 0 aliphatic rings. The van der Waals surface area contributed by atoms with Crippen molar-refractivity contribution in [1.29, 1.82) is 5.26 Å². The van der Waals surface area contributed by atoms with Gasteiger partial charge in [0.05, 0.1) is 7.11 Å². The van der Waals surface area contributed by atoms with E-state index in [9.17, 15) is 4.39 Å². The van der Waals surface area contributed by atoms with Crippen LogP contribution in [0.15, 0.2) is 30.3 Å². The van der Waals surface area contributed by atoms with Crippen LogP contribution in [0.3, 0.4) is 0 Å². The van der Waals surface area contributed by atoms with Crippen molar-refractivity contribution in [2.24, 2.45) is 0 Å². The van der Waals surface area contributed by atoms with Crippen LogP contribution in [0.5, 0.6) is 5.75 Å². The maximum absolute atomic E-state index is 13.5. The van der Waals surface area contributed by atoms with Crippen LogP contribution >= 0.6 is 0 Å². The Labute approximate surface area is 109 Å². The predicted molar refractivity (Wildman–Crippen MR) is 67.0 cm³/mol. The third kappa shape index (κ3) is 3.16. The molecule has 1 N–H and O–H groups in total. The topological polar surface area (TPSA) is 70.8 Å². The normalized spacial score (nSPS) is 9.74. The molecule has 5 nitrogen and oxygen atoms in total. The van der Waals surface area contributed by atoms with Crippen molar-refractivity contribution in [3.63, 3.8) is 0 Å². The van der Waals surface area contributed by atoms with Gasteiger partial charge in [0.1, 0.15) is 11.9 Å². The molecule has 0 aliphatic heterocycles. The fraction of sp³-hybridized carbons (Fsp3) is 0.154. The van der Waals surface area contributed by atoms with Gasteiger partial charge in [-0.3, -0.25) is 0 Å². The number of methoxy groups -OCH3 is 1. The minimum absolute atomic E-state index is 0.210. The molecule has 0 saturated carbocycles. The molecule has 0 atom stereocenters. The van der Waals surface area contributed by atoms with Crippen molar-refractivity contribution in [3.8, 4) is 11.8 Å². The number of nitrogens with one attached hydrogen (secondary N) is 1. The molecule has 2 aromatic rings. The monoisotopic (exact) mass is 258 g/mol. The highest BCUT2D eigenvalue weighted by atomic mass is 19.1. The zero-order chi connectivity index (χ0) is 13.7. The zero-order valence-corrected chi connectivity index (χ0v) is 10.2. The maximum Gasteiger partial charge on any atom is 0.165 e. The summed E-state index contributed by atoms with van der Waals surface area (Å²) in [5.41, 5.74) is 1.01. The highest BCUT2D eigenvalue weighted by Crippen LogP contribution is 2.18. The highest BCUT2D eigenvalue weighted by Gasteiger charge is 2.03. The Balaban J connectivity index is 2.02. The summed E-state index contributed by atoms with van der Waals surface area (Å²) in [6.07, 6.45) is 0. The van der Waals surface area contributed by atoms with E-state index in [1.165, 1.54) is 13.2 Å². The lowest BCUT2D eigenvalue weighted by Crippen LogP contribution is -2.03. The van der Waals surface area contributed by atoms with Gasteiger partial charge in [-0.25, -0.2) is 4.39 Å². The summed E-state index contributed by atoms with van der Waals surface area (Å²) in [5.74, 6) is 0.324. The SMILES string of the molecule is COc1ccc(CNc2ccc(C#N)nn2)cc1F. The van der Waals surface area contributed by atoms with Crippen LogP contribution in [0.4, 0.5) is 10.2 Å². The fourth-order valence-electron chi connectivity index (χ4n) is 1.50. The van der Waals surface area contributed by atoms with Crippen LogP contribution in [0, 0.1) is 17.1 Å². The van der Waals surface area contributed by atoms with Crippen LogP contribution in [-0.4, -0.2) is 17.3 Å². The summed E-state index contributed by atoms with van der Waals surface area (Å²) in [6.45, 7) is 0.404. The van der Waals surface area contributed by atoms with Crippen molar-refractivity contribution < 1.29 is 9.13 Å². The number of anilines is 1. The van der Waals surface area contributed by atoms with Gasteiger partial charge in [-0.1, -0.05) is 6.07 Å². The van der Waals surface area contributed by atoms with Gasteiger partial charge in [-0.05, 0) is 29.8 Å².